The number of aliphatic hydroxyl groups excluding tert-OH is 1. The Labute approximate surface area is 103 Å². The van der Waals surface area contributed by atoms with E-state index < -0.39 is 3.79 Å². The minimum Gasteiger partial charge on any atom is -0.477 e. The number of fused-ring (bicyclic) bond motifs is 1. The smallest absolute Gasteiger partial charge is 0.266 e. The summed E-state index contributed by atoms with van der Waals surface area (Å²) in [6, 6.07) is 0.0353. The van der Waals surface area contributed by atoms with Crippen LogP contribution in [0, 0.1) is 5.92 Å². The van der Waals surface area contributed by atoms with Gasteiger partial charge in [0.25, 0.3) is 3.79 Å². The second-order valence-electron chi connectivity index (χ2n) is 3.97. The topological polar surface area (TPSA) is 41.8 Å². The maximum Gasteiger partial charge on any atom is 0.266 e. The van der Waals surface area contributed by atoms with Crippen LogP contribution in [0.4, 0.5) is 0 Å². The molecule has 86 valence electrons. The minimum absolute atomic E-state index is 0.0353. The molecule has 1 fully saturated rings. The molecule has 2 rings (SSSR count). The molecule has 0 bridgehead atoms. The number of rotatable bonds is 0. The van der Waals surface area contributed by atoms with Crippen molar-refractivity contribution in [1.29, 1.82) is 0 Å². The van der Waals surface area contributed by atoms with Crippen molar-refractivity contribution in [1.82, 2.24) is 0 Å². The van der Waals surface area contributed by atoms with E-state index in [9.17, 15) is 5.11 Å². The fourth-order valence-electron chi connectivity index (χ4n) is 2.12. The number of aliphatic imine (C=N–C) groups is 1. The highest BCUT2D eigenvalue weighted by Crippen LogP contribution is 2.36. The normalized spacial score (nSPS) is 36.5. The lowest BCUT2D eigenvalue weighted by atomic mass is 9.82. The van der Waals surface area contributed by atoms with E-state index in [0.717, 1.165) is 19.3 Å². The maximum atomic E-state index is 9.75. The molecule has 0 aromatic rings. The highest BCUT2D eigenvalue weighted by atomic mass is 35.6. The number of ether oxygens (including phenoxy) is 1. The van der Waals surface area contributed by atoms with E-state index in [1.807, 2.05) is 0 Å². The van der Waals surface area contributed by atoms with E-state index in [0.29, 0.717) is 6.61 Å². The summed E-state index contributed by atoms with van der Waals surface area (Å²) in [4.78, 5) is 4.26. The summed E-state index contributed by atoms with van der Waals surface area (Å²) in [6.07, 6.45) is 2.35. The van der Waals surface area contributed by atoms with E-state index in [-0.39, 0.29) is 24.0 Å². The van der Waals surface area contributed by atoms with Gasteiger partial charge in [-0.2, -0.15) is 0 Å². The van der Waals surface area contributed by atoms with Gasteiger partial charge in [-0.05, 0) is 19.3 Å². The fraction of sp³-hybridized carbons (Fsp3) is 0.889. The first-order chi connectivity index (χ1) is 6.98. The molecule has 6 heteroatoms. The molecule has 2 aliphatic rings. The van der Waals surface area contributed by atoms with Gasteiger partial charge < -0.3 is 9.84 Å². The van der Waals surface area contributed by atoms with Crippen LogP contribution >= 0.6 is 34.8 Å². The lowest BCUT2D eigenvalue weighted by Gasteiger charge is -2.37. The molecule has 0 saturated heterocycles. The quantitative estimate of drug-likeness (QED) is 0.688. The van der Waals surface area contributed by atoms with Crippen molar-refractivity contribution >= 4 is 40.7 Å². The summed E-state index contributed by atoms with van der Waals surface area (Å²) in [5.41, 5.74) is 0. The second kappa shape index (κ2) is 4.28. The Kier molecular flexibility index (Phi) is 3.36. The average Bonchev–Trinajstić information content (AvgIpc) is 2.16. The summed E-state index contributed by atoms with van der Waals surface area (Å²) in [5, 5.41) is 9.75. The molecule has 0 radical (unpaired) electrons. The molecule has 0 aromatic carbocycles. The first-order valence-corrected chi connectivity index (χ1v) is 6.08. The molecule has 1 N–H and O–H groups in total. The Morgan fingerprint density at radius 1 is 1.33 bits per heavy atom. The number of hydrogen-bond donors (Lipinski definition) is 1. The van der Waals surface area contributed by atoms with Crippen molar-refractivity contribution in [3.63, 3.8) is 0 Å². The number of aliphatic hydroxyl groups is 1. The van der Waals surface area contributed by atoms with Crippen molar-refractivity contribution in [2.75, 3.05) is 6.61 Å². The Bertz CT molecular complexity index is 277. The summed E-state index contributed by atoms with van der Waals surface area (Å²) in [7, 11) is 0. The predicted molar refractivity (Wildman–Crippen MR) is 60.8 cm³/mol. The highest BCUT2D eigenvalue weighted by molar-refractivity contribution is 6.76. The first kappa shape index (κ1) is 11.8. The van der Waals surface area contributed by atoms with E-state index >= 15 is 0 Å². The standard InChI is InChI=1S/C9H12Cl3NO2/c10-9(11,12)8-13-6-2-1-3-7(14)5(6)4-15-8/h5-7,14H,1-4H2. The average molecular weight is 273 g/mol. The van der Waals surface area contributed by atoms with Gasteiger partial charge in [-0.3, -0.25) is 0 Å². The molecule has 3 unspecified atom stereocenters. The highest BCUT2D eigenvalue weighted by Gasteiger charge is 2.40. The van der Waals surface area contributed by atoms with Crippen molar-refractivity contribution < 1.29 is 9.84 Å². The van der Waals surface area contributed by atoms with E-state index in [2.05, 4.69) is 4.99 Å². The summed E-state index contributed by atoms with van der Waals surface area (Å²) in [5.74, 6) is 0.206. The van der Waals surface area contributed by atoms with Crippen molar-refractivity contribution in [2.45, 2.75) is 35.2 Å². The van der Waals surface area contributed by atoms with Crippen LogP contribution in [0.1, 0.15) is 19.3 Å². The van der Waals surface area contributed by atoms with Gasteiger partial charge in [-0.1, -0.05) is 34.8 Å². The number of nitrogens with zero attached hydrogens (tertiary/aromatic N) is 1. The van der Waals surface area contributed by atoms with Gasteiger partial charge in [0, 0.05) is 5.92 Å². The number of halogens is 3. The minimum atomic E-state index is -1.59. The largest absolute Gasteiger partial charge is 0.477 e. The Morgan fingerprint density at radius 3 is 2.73 bits per heavy atom. The lowest BCUT2D eigenvalue weighted by Crippen LogP contribution is -2.44. The lowest BCUT2D eigenvalue weighted by molar-refractivity contribution is 0.0169. The molecule has 1 aliphatic heterocycles. The molecule has 0 spiro atoms. The van der Waals surface area contributed by atoms with Gasteiger partial charge in [0.2, 0.25) is 5.90 Å². The van der Waals surface area contributed by atoms with Gasteiger partial charge in [0.1, 0.15) is 0 Å². The van der Waals surface area contributed by atoms with Crippen LogP contribution in [0.15, 0.2) is 4.99 Å². The van der Waals surface area contributed by atoms with E-state index in [4.69, 9.17) is 39.5 Å². The van der Waals surface area contributed by atoms with Gasteiger partial charge >= 0.3 is 0 Å². The zero-order chi connectivity index (χ0) is 11.1. The van der Waals surface area contributed by atoms with Crippen LogP contribution in [0.5, 0.6) is 0 Å². The van der Waals surface area contributed by atoms with Gasteiger partial charge in [-0.25, -0.2) is 4.99 Å². The Hall–Kier alpha value is 0.300. The first-order valence-electron chi connectivity index (χ1n) is 4.94. The molecular weight excluding hydrogens is 260 g/mol. The molecule has 1 aliphatic carbocycles. The zero-order valence-corrected chi connectivity index (χ0v) is 10.3. The summed E-state index contributed by atoms with van der Waals surface area (Å²) < 4.78 is 3.69. The van der Waals surface area contributed by atoms with Crippen LogP contribution in [0.25, 0.3) is 0 Å². The third-order valence-electron chi connectivity index (χ3n) is 2.93. The van der Waals surface area contributed by atoms with Crippen LogP contribution in [0.3, 0.4) is 0 Å². The van der Waals surface area contributed by atoms with Crippen LogP contribution < -0.4 is 0 Å². The van der Waals surface area contributed by atoms with Gasteiger partial charge in [0.15, 0.2) is 0 Å². The monoisotopic (exact) mass is 271 g/mol. The molecule has 1 saturated carbocycles. The van der Waals surface area contributed by atoms with Gasteiger partial charge in [0.05, 0.1) is 18.8 Å². The zero-order valence-electron chi connectivity index (χ0n) is 8.00. The second-order valence-corrected chi connectivity index (χ2v) is 6.25. The molecule has 0 amide bonds. The van der Waals surface area contributed by atoms with Crippen molar-refractivity contribution in [2.24, 2.45) is 10.9 Å². The molecular formula is C9H12Cl3NO2. The Morgan fingerprint density at radius 2 is 2.07 bits per heavy atom. The van der Waals surface area contributed by atoms with E-state index in [1.54, 1.807) is 0 Å². The third kappa shape index (κ3) is 2.52. The van der Waals surface area contributed by atoms with Crippen LogP contribution in [0.2, 0.25) is 0 Å². The SMILES string of the molecule is OC1CCCC2N=C(C(Cl)(Cl)Cl)OCC12. The summed E-state index contributed by atoms with van der Waals surface area (Å²) >= 11 is 17.1. The fourth-order valence-corrected chi connectivity index (χ4v) is 2.43. The maximum absolute atomic E-state index is 9.75. The van der Waals surface area contributed by atoms with Crippen LogP contribution in [-0.2, 0) is 4.74 Å². The molecule has 0 aromatic heterocycles. The summed E-state index contributed by atoms with van der Waals surface area (Å²) in [6.45, 7) is 0.387. The molecule has 15 heavy (non-hydrogen) atoms. The van der Waals surface area contributed by atoms with Crippen LogP contribution in [-0.4, -0.2) is 33.5 Å². The van der Waals surface area contributed by atoms with Crippen molar-refractivity contribution in [3.05, 3.63) is 0 Å². The van der Waals surface area contributed by atoms with E-state index in [1.165, 1.54) is 0 Å². The van der Waals surface area contributed by atoms with Crippen molar-refractivity contribution in [3.8, 4) is 0 Å². The van der Waals surface area contributed by atoms with Gasteiger partial charge in [-0.15, -0.1) is 0 Å². The third-order valence-corrected chi connectivity index (χ3v) is 3.41. The molecule has 3 atom stereocenters. The molecule has 1 heterocycles. The Balaban J connectivity index is 2.15. The number of alkyl halides is 3. The molecule has 3 nitrogen and oxygen atoms in total. The number of hydrogen-bond acceptors (Lipinski definition) is 3. The predicted octanol–water partition coefficient (Wildman–Crippen LogP) is 2.31.